The number of nitrogens with zero attached hydrogens (tertiary/aromatic N) is 6. The zero-order chi connectivity index (χ0) is 17.3. The molecule has 0 radical (unpaired) electrons. The fourth-order valence-electron chi connectivity index (χ4n) is 2.12. The van der Waals surface area contributed by atoms with Gasteiger partial charge in [0.2, 0.25) is 0 Å². The first-order valence-electron chi connectivity index (χ1n) is 7.00. The molecule has 3 heterocycles. The number of anilines is 2. The van der Waals surface area contributed by atoms with Crippen molar-refractivity contribution in [3.05, 3.63) is 42.0 Å². The summed E-state index contributed by atoms with van der Waals surface area (Å²) in [6.07, 6.45) is -2.41. The highest BCUT2D eigenvalue weighted by Crippen LogP contribution is 2.34. The lowest BCUT2D eigenvalue weighted by molar-refractivity contribution is -0.137. The van der Waals surface area contributed by atoms with Crippen molar-refractivity contribution in [2.75, 3.05) is 24.3 Å². The van der Waals surface area contributed by atoms with Crippen molar-refractivity contribution in [2.45, 2.75) is 12.7 Å². The van der Waals surface area contributed by atoms with Gasteiger partial charge in [0.05, 0.1) is 12.1 Å². The van der Waals surface area contributed by atoms with Crippen molar-refractivity contribution < 1.29 is 13.2 Å². The molecule has 3 rings (SSSR count). The van der Waals surface area contributed by atoms with Gasteiger partial charge in [0.25, 0.3) is 0 Å². The van der Waals surface area contributed by atoms with Gasteiger partial charge in [-0.3, -0.25) is 4.98 Å². The molecule has 0 aliphatic heterocycles. The van der Waals surface area contributed by atoms with Gasteiger partial charge in [0.1, 0.15) is 5.82 Å². The summed E-state index contributed by atoms with van der Waals surface area (Å²) >= 11 is 0. The van der Waals surface area contributed by atoms with Crippen LogP contribution in [0.5, 0.6) is 0 Å². The highest BCUT2D eigenvalue weighted by Gasteiger charge is 2.33. The van der Waals surface area contributed by atoms with Crippen LogP contribution in [0, 0.1) is 0 Å². The molecule has 0 aromatic carbocycles. The van der Waals surface area contributed by atoms with E-state index in [9.17, 15) is 13.2 Å². The van der Waals surface area contributed by atoms with Crippen molar-refractivity contribution in [1.29, 1.82) is 0 Å². The zero-order valence-electron chi connectivity index (χ0n) is 12.9. The van der Waals surface area contributed by atoms with Gasteiger partial charge in [-0.15, -0.1) is 15.3 Å². The first-order valence-corrected chi connectivity index (χ1v) is 7.00. The van der Waals surface area contributed by atoms with E-state index < -0.39 is 11.7 Å². The first kappa shape index (κ1) is 16.0. The average Bonchev–Trinajstić information content (AvgIpc) is 2.94. The first-order chi connectivity index (χ1) is 11.4. The van der Waals surface area contributed by atoms with Crippen molar-refractivity contribution in [3.63, 3.8) is 0 Å². The number of nitrogens with one attached hydrogen (secondary N) is 1. The molecule has 0 aliphatic carbocycles. The van der Waals surface area contributed by atoms with E-state index in [4.69, 9.17) is 0 Å². The third-order valence-corrected chi connectivity index (χ3v) is 3.33. The molecule has 7 nitrogen and oxygen atoms in total. The number of pyridine rings is 1. The number of rotatable bonds is 4. The maximum atomic E-state index is 13.0. The highest BCUT2D eigenvalue weighted by atomic mass is 19.4. The monoisotopic (exact) mass is 337 g/mol. The largest absolute Gasteiger partial charge is 0.419 e. The van der Waals surface area contributed by atoms with Gasteiger partial charge >= 0.3 is 6.18 Å². The highest BCUT2D eigenvalue weighted by molar-refractivity contribution is 5.51. The van der Waals surface area contributed by atoms with Gasteiger partial charge in [-0.25, -0.2) is 0 Å². The number of hydrogen-bond donors (Lipinski definition) is 1. The molecule has 0 saturated heterocycles. The van der Waals surface area contributed by atoms with Crippen molar-refractivity contribution >= 4 is 17.2 Å². The number of alkyl halides is 3. The normalized spacial score (nSPS) is 11.7. The Morgan fingerprint density at radius 2 is 1.96 bits per heavy atom. The smallest absolute Gasteiger partial charge is 0.377 e. The van der Waals surface area contributed by atoms with Crippen LogP contribution in [-0.4, -0.2) is 38.9 Å². The minimum atomic E-state index is -4.49. The quantitative estimate of drug-likeness (QED) is 0.787. The van der Waals surface area contributed by atoms with Gasteiger partial charge in [-0.1, -0.05) is 0 Å². The van der Waals surface area contributed by atoms with Crippen LogP contribution in [0.2, 0.25) is 0 Å². The number of hydrogen-bond acceptors (Lipinski definition) is 6. The van der Waals surface area contributed by atoms with Crippen molar-refractivity contribution in [2.24, 2.45) is 0 Å². The third kappa shape index (κ3) is 3.07. The van der Waals surface area contributed by atoms with E-state index in [0.717, 1.165) is 6.20 Å². The maximum absolute atomic E-state index is 13.0. The Morgan fingerprint density at radius 3 is 2.67 bits per heavy atom. The predicted octanol–water partition coefficient (Wildman–Crippen LogP) is 2.22. The summed E-state index contributed by atoms with van der Waals surface area (Å²) in [6, 6.07) is 4.79. The van der Waals surface area contributed by atoms with Crippen LogP contribution >= 0.6 is 0 Å². The summed E-state index contributed by atoms with van der Waals surface area (Å²) in [5.74, 6) is 1.09. The summed E-state index contributed by atoms with van der Waals surface area (Å²) in [4.78, 5) is 5.33. The average molecular weight is 337 g/mol. The topological polar surface area (TPSA) is 71.2 Å². The molecule has 0 bridgehead atoms. The van der Waals surface area contributed by atoms with E-state index in [1.807, 2.05) is 14.1 Å². The Balaban J connectivity index is 1.88. The Hall–Kier alpha value is -2.91. The summed E-state index contributed by atoms with van der Waals surface area (Å²) in [5.41, 5.74) is -0.387. The third-order valence-electron chi connectivity index (χ3n) is 3.33. The standard InChI is InChI=1S/C14H14F3N7/c1-23(2)12-4-3-11-20-21-13(24(11)22-12)8-19-10-5-6-18-7-9(10)14(15,16)17/h3-7H,8H2,1-2H3,(H,18,19). The molecule has 3 aromatic rings. The SMILES string of the molecule is CN(C)c1ccc2nnc(CNc3ccncc3C(F)(F)F)n2n1. The van der Waals surface area contributed by atoms with E-state index in [0.29, 0.717) is 17.3 Å². The van der Waals surface area contributed by atoms with Crippen molar-refractivity contribution in [1.82, 2.24) is 24.8 Å². The Bertz CT molecular complexity index is 857. The van der Waals surface area contributed by atoms with E-state index in [1.165, 1.54) is 16.8 Å². The fourth-order valence-corrected chi connectivity index (χ4v) is 2.12. The Labute approximate surface area is 135 Å². The molecular formula is C14H14F3N7. The van der Waals surface area contributed by atoms with Crippen LogP contribution in [0.1, 0.15) is 11.4 Å². The van der Waals surface area contributed by atoms with Crippen LogP contribution in [0.15, 0.2) is 30.6 Å². The molecule has 3 aromatic heterocycles. The number of aromatic nitrogens is 5. The second-order valence-corrected chi connectivity index (χ2v) is 5.24. The molecule has 126 valence electrons. The second kappa shape index (κ2) is 5.95. The lowest BCUT2D eigenvalue weighted by Gasteiger charge is -2.13. The molecule has 24 heavy (non-hydrogen) atoms. The zero-order valence-corrected chi connectivity index (χ0v) is 12.9. The minimum Gasteiger partial charge on any atom is -0.377 e. The summed E-state index contributed by atoms with van der Waals surface area (Å²) in [5, 5.41) is 15.0. The van der Waals surface area contributed by atoms with Crippen molar-refractivity contribution in [3.8, 4) is 0 Å². The van der Waals surface area contributed by atoms with Crippen LogP contribution in [0.25, 0.3) is 5.65 Å². The summed E-state index contributed by atoms with van der Waals surface area (Å²) in [6.45, 7) is 0.0398. The van der Waals surface area contributed by atoms with E-state index in [1.54, 1.807) is 17.0 Å². The van der Waals surface area contributed by atoms with Crippen LogP contribution in [0.4, 0.5) is 24.7 Å². The molecule has 0 unspecified atom stereocenters. The molecule has 0 amide bonds. The van der Waals surface area contributed by atoms with Gasteiger partial charge in [-0.2, -0.15) is 17.7 Å². The van der Waals surface area contributed by atoms with Gasteiger partial charge in [0, 0.05) is 32.2 Å². The lowest BCUT2D eigenvalue weighted by atomic mass is 10.2. The minimum absolute atomic E-state index is 0.0398. The summed E-state index contributed by atoms with van der Waals surface area (Å²) < 4.78 is 40.4. The number of fused-ring (bicyclic) bond motifs is 1. The van der Waals surface area contributed by atoms with Gasteiger partial charge < -0.3 is 10.2 Å². The van der Waals surface area contributed by atoms with E-state index in [-0.39, 0.29) is 12.2 Å². The lowest BCUT2D eigenvalue weighted by Crippen LogP contribution is -2.15. The number of halogens is 3. The van der Waals surface area contributed by atoms with Gasteiger partial charge in [-0.05, 0) is 18.2 Å². The summed E-state index contributed by atoms with van der Waals surface area (Å²) in [7, 11) is 3.67. The molecule has 0 spiro atoms. The Morgan fingerprint density at radius 1 is 1.17 bits per heavy atom. The van der Waals surface area contributed by atoms with Gasteiger partial charge in [0.15, 0.2) is 11.5 Å². The van der Waals surface area contributed by atoms with E-state index >= 15 is 0 Å². The molecule has 0 atom stereocenters. The van der Waals surface area contributed by atoms with Crippen LogP contribution in [0.3, 0.4) is 0 Å². The molecule has 0 fully saturated rings. The Kier molecular flexibility index (Phi) is 3.96. The molecular weight excluding hydrogens is 323 g/mol. The maximum Gasteiger partial charge on any atom is 0.419 e. The van der Waals surface area contributed by atoms with Crippen LogP contribution < -0.4 is 10.2 Å². The molecule has 0 saturated carbocycles. The second-order valence-electron chi connectivity index (χ2n) is 5.24. The molecule has 0 aliphatic rings. The fraction of sp³-hybridized carbons (Fsp3) is 0.286. The van der Waals surface area contributed by atoms with Crippen LogP contribution in [-0.2, 0) is 12.7 Å². The molecule has 10 heteroatoms. The molecule has 1 N–H and O–H groups in total. The predicted molar refractivity (Wildman–Crippen MR) is 81.7 cm³/mol. The van der Waals surface area contributed by atoms with E-state index in [2.05, 4.69) is 25.6 Å².